The first-order valence-corrected chi connectivity index (χ1v) is 7.45. The highest BCUT2D eigenvalue weighted by Gasteiger charge is 2.07. The second kappa shape index (κ2) is 5.34. The molecule has 118 valence electrons. The number of aromatic nitrogens is 4. The van der Waals surface area contributed by atoms with E-state index >= 15 is 0 Å². The molecule has 24 heavy (non-hydrogen) atoms. The van der Waals surface area contributed by atoms with E-state index in [0.717, 1.165) is 33.4 Å². The van der Waals surface area contributed by atoms with Crippen molar-refractivity contribution in [2.75, 3.05) is 5.73 Å². The number of anilines is 1. The number of fused-ring (bicyclic) bond motifs is 1. The molecule has 2 aromatic heterocycles. The van der Waals surface area contributed by atoms with Gasteiger partial charge in [0.1, 0.15) is 5.75 Å². The third-order valence-electron chi connectivity index (χ3n) is 3.90. The first-order chi connectivity index (χ1) is 11.6. The molecule has 0 aliphatic rings. The number of nitrogens with zero attached hydrogens (tertiary/aromatic N) is 4. The van der Waals surface area contributed by atoms with Crippen LogP contribution in [0.2, 0.25) is 0 Å². The minimum atomic E-state index is 0.0817. The van der Waals surface area contributed by atoms with Crippen molar-refractivity contribution < 1.29 is 5.11 Å². The number of benzene rings is 2. The Morgan fingerprint density at radius 2 is 1.75 bits per heavy atom. The lowest BCUT2D eigenvalue weighted by molar-refractivity contribution is 0.478. The van der Waals surface area contributed by atoms with E-state index in [9.17, 15) is 5.11 Å². The van der Waals surface area contributed by atoms with Gasteiger partial charge >= 0.3 is 0 Å². The van der Waals surface area contributed by atoms with Crippen LogP contribution in [0.1, 0.15) is 0 Å². The van der Waals surface area contributed by atoms with Gasteiger partial charge in [-0.25, -0.2) is 4.98 Å². The van der Waals surface area contributed by atoms with Gasteiger partial charge in [-0.05, 0) is 35.4 Å². The maximum atomic E-state index is 9.57. The molecule has 3 N–H and O–H groups in total. The van der Waals surface area contributed by atoms with Gasteiger partial charge in [0.05, 0.1) is 34.8 Å². The van der Waals surface area contributed by atoms with Crippen molar-refractivity contribution in [1.29, 1.82) is 0 Å². The topological polar surface area (TPSA) is 89.8 Å². The molecule has 0 saturated heterocycles. The van der Waals surface area contributed by atoms with Crippen LogP contribution in [0.4, 0.5) is 5.69 Å². The highest BCUT2D eigenvalue weighted by Crippen LogP contribution is 2.29. The predicted molar refractivity (Wildman–Crippen MR) is 93.3 cm³/mol. The van der Waals surface area contributed by atoms with Crippen LogP contribution in [0.25, 0.3) is 33.4 Å². The molecule has 0 fully saturated rings. The molecule has 0 saturated carbocycles. The van der Waals surface area contributed by atoms with Crippen molar-refractivity contribution in [3.8, 4) is 28.1 Å². The van der Waals surface area contributed by atoms with Gasteiger partial charge in [0.15, 0.2) is 0 Å². The van der Waals surface area contributed by atoms with Gasteiger partial charge in [-0.15, -0.1) is 0 Å². The molecule has 0 aliphatic heterocycles. The maximum absolute atomic E-state index is 9.57. The van der Waals surface area contributed by atoms with Crippen molar-refractivity contribution in [3.05, 3.63) is 55.0 Å². The summed E-state index contributed by atoms with van der Waals surface area (Å²) in [6.07, 6.45) is 5.41. The van der Waals surface area contributed by atoms with Crippen LogP contribution in [0.3, 0.4) is 0 Å². The van der Waals surface area contributed by atoms with Crippen molar-refractivity contribution in [1.82, 2.24) is 19.7 Å². The van der Waals surface area contributed by atoms with Crippen LogP contribution < -0.4 is 5.73 Å². The van der Waals surface area contributed by atoms with E-state index in [-0.39, 0.29) is 5.75 Å². The highest BCUT2D eigenvalue weighted by atomic mass is 16.3. The molecule has 0 aliphatic carbocycles. The van der Waals surface area contributed by atoms with Gasteiger partial charge in [0.25, 0.3) is 0 Å². The molecule has 0 atom stereocenters. The molecule has 0 amide bonds. The van der Waals surface area contributed by atoms with Gasteiger partial charge in [-0.1, -0.05) is 12.1 Å². The number of nitrogens with two attached hydrogens (primary N) is 1. The number of hydrogen-bond acceptors (Lipinski definition) is 5. The van der Waals surface area contributed by atoms with Crippen LogP contribution in [0.5, 0.6) is 5.75 Å². The summed E-state index contributed by atoms with van der Waals surface area (Å²) in [5.41, 5.74) is 11.3. The van der Waals surface area contributed by atoms with E-state index in [0.29, 0.717) is 5.69 Å². The van der Waals surface area contributed by atoms with Crippen molar-refractivity contribution >= 4 is 16.7 Å². The van der Waals surface area contributed by atoms with Crippen molar-refractivity contribution in [2.45, 2.75) is 0 Å². The second-order valence-corrected chi connectivity index (χ2v) is 5.64. The molecule has 6 nitrogen and oxygen atoms in total. The number of aromatic hydroxyl groups is 1. The van der Waals surface area contributed by atoms with Crippen LogP contribution in [-0.2, 0) is 7.05 Å². The molecular weight excluding hydrogens is 302 g/mol. The van der Waals surface area contributed by atoms with Crippen molar-refractivity contribution in [2.24, 2.45) is 7.05 Å². The van der Waals surface area contributed by atoms with E-state index in [2.05, 4.69) is 15.1 Å². The number of rotatable bonds is 2. The normalized spacial score (nSPS) is 11.0. The fourth-order valence-corrected chi connectivity index (χ4v) is 2.62. The SMILES string of the molecule is Cn1cc(-c2cnc3ccc(-c4ccc(O)c(N)c4)cc3n2)cn1. The number of hydrogen-bond donors (Lipinski definition) is 2. The second-order valence-electron chi connectivity index (χ2n) is 5.64. The average Bonchev–Trinajstić information content (AvgIpc) is 3.03. The lowest BCUT2D eigenvalue weighted by Gasteiger charge is -2.06. The Bertz CT molecular complexity index is 1050. The highest BCUT2D eigenvalue weighted by molar-refractivity contribution is 5.83. The fraction of sp³-hybridized carbons (Fsp3) is 0.0556. The minimum Gasteiger partial charge on any atom is -0.506 e. The maximum Gasteiger partial charge on any atom is 0.138 e. The predicted octanol–water partition coefficient (Wildman–Crippen LogP) is 2.99. The van der Waals surface area contributed by atoms with Crippen LogP contribution in [0.15, 0.2) is 55.0 Å². The first kappa shape index (κ1) is 14.2. The van der Waals surface area contributed by atoms with E-state index in [1.54, 1.807) is 29.2 Å². The smallest absolute Gasteiger partial charge is 0.138 e. The van der Waals surface area contributed by atoms with Crippen LogP contribution >= 0.6 is 0 Å². The summed E-state index contributed by atoms with van der Waals surface area (Å²) in [5.74, 6) is 0.0817. The lowest BCUT2D eigenvalue weighted by atomic mass is 10.0. The minimum absolute atomic E-state index is 0.0817. The van der Waals surface area contributed by atoms with E-state index < -0.39 is 0 Å². The van der Waals surface area contributed by atoms with E-state index in [1.807, 2.05) is 37.5 Å². The molecule has 0 bridgehead atoms. The Kier molecular flexibility index (Phi) is 3.16. The van der Waals surface area contributed by atoms with Gasteiger partial charge in [-0.2, -0.15) is 5.10 Å². The number of phenolic OH excluding ortho intramolecular Hbond substituents is 1. The van der Waals surface area contributed by atoms with Gasteiger partial charge < -0.3 is 10.8 Å². The molecule has 0 radical (unpaired) electrons. The zero-order valence-electron chi connectivity index (χ0n) is 13.0. The lowest BCUT2D eigenvalue weighted by Crippen LogP contribution is -1.90. The summed E-state index contributed by atoms with van der Waals surface area (Å²) >= 11 is 0. The van der Waals surface area contributed by atoms with Crippen molar-refractivity contribution in [3.63, 3.8) is 0 Å². The summed E-state index contributed by atoms with van der Waals surface area (Å²) in [7, 11) is 1.87. The molecule has 4 aromatic rings. The summed E-state index contributed by atoms with van der Waals surface area (Å²) in [5, 5.41) is 13.7. The quantitative estimate of drug-likeness (QED) is 0.438. The largest absolute Gasteiger partial charge is 0.506 e. The Balaban J connectivity index is 1.82. The van der Waals surface area contributed by atoms with E-state index in [4.69, 9.17) is 5.73 Å². The third-order valence-corrected chi connectivity index (χ3v) is 3.90. The molecule has 6 heteroatoms. The Morgan fingerprint density at radius 1 is 0.958 bits per heavy atom. The average molecular weight is 317 g/mol. The number of nitrogen functional groups attached to an aromatic ring is 1. The summed E-state index contributed by atoms with van der Waals surface area (Å²) < 4.78 is 1.73. The Labute approximate surface area is 138 Å². The first-order valence-electron chi connectivity index (χ1n) is 7.45. The van der Waals surface area contributed by atoms with Crippen LogP contribution in [-0.4, -0.2) is 24.9 Å². The van der Waals surface area contributed by atoms with E-state index in [1.165, 1.54) is 0 Å². The molecular formula is C18H15N5O. The van der Waals surface area contributed by atoms with Gasteiger partial charge in [-0.3, -0.25) is 9.67 Å². The number of phenols is 1. The zero-order chi connectivity index (χ0) is 16.7. The molecule has 0 spiro atoms. The summed E-state index contributed by atoms with van der Waals surface area (Å²) in [6.45, 7) is 0. The zero-order valence-corrected chi connectivity index (χ0v) is 13.0. The molecule has 0 unspecified atom stereocenters. The monoisotopic (exact) mass is 317 g/mol. The Hall–Kier alpha value is -3.41. The standard InChI is InChI=1S/C18H15N5O/c1-23-10-13(8-21-23)17-9-20-15-4-2-12(7-16(15)22-17)11-3-5-18(24)14(19)6-11/h2-10,24H,19H2,1H3. The Morgan fingerprint density at radius 3 is 2.50 bits per heavy atom. The van der Waals surface area contributed by atoms with Crippen LogP contribution in [0, 0.1) is 0 Å². The van der Waals surface area contributed by atoms with Gasteiger partial charge in [0, 0.05) is 18.8 Å². The number of aryl methyl sites for hydroxylation is 1. The molecule has 2 heterocycles. The summed E-state index contributed by atoms with van der Waals surface area (Å²) in [4.78, 5) is 9.16. The molecule has 2 aromatic carbocycles. The molecule has 4 rings (SSSR count). The third kappa shape index (κ3) is 2.44. The van der Waals surface area contributed by atoms with Gasteiger partial charge in [0.2, 0.25) is 0 Å². The fourth-order valence-electron chi connectivity index (χ4n) is 2.62. The summed E-state index contributed by atoms with van der Waals surface area (Å²) in [6, 6.07) is 11.0.